The Morgan fingerprint density at radius 2 is 2.29 bits per heavy atom. The molecular formula is C15H13N3O2S. The summed E-state index contributed by atoms with van der Waals surface area (Å²) in [6.45, 7) is 0.373. The number of ether oxygens (including phenoxy) is 1. The summed E-state index contributed by atoms with van der Waals surface area (Å²) >= 11 is 1.64. The Labute approximate surface area is 125 Å². The molecule has 5 nitrogen and oxygen atoms in total. The fraction of sp³-hybridized carbons (Fsp3) is 0.133. The summed E-state index contributed by atoms with van der Waals surface area (Å²) in [5.74, 6) is 0.300. The molecule has 0 saturated heterocycles. The van der Waals surface area contributed by atoms with Crippen molar-refractivity contribution in [2.75, 3.05) is 6.61 Å². The van der Waals surface area contributed by atoms with E-state index in [0.29, 0.717) is 18.0 Å². The predicted molar refractivity (Wildman–Crippen MR) is 79.7 cm³/mol. The Balaban J connectivity index is 1.63. The van der Waals surface area contributed by atoms with Gasteiger partial charge in [0.15, 0.2) is 0 Å². The van der Waals surface area contributed by atoms with E-state index in [4.69, 9.17) is 4.74 Å². The number of hydrogen-bond acceptors (Lipinski definition) is 5. The van der Waals surface area contributed by atoms with Gasteiger partial charge in [0, 0.05) is 25.0 Å². The lowest BCUT2D eigenvalue weighted by Crippen LogP contribution is -2.09. The molecule has 0 amide bonds. The minimum absolute atomic E-state index is 0.339. The minimum atomic E-state index is -0.339. The average molecular weight is 299 g/mol. The van der Waals surface area contributed by atoms with Crippen molar-refractivity contribution in [3.63, 3.8) is 0 Å². The summed E-state index contributed by atoms with van der Waals surface area (Å²) in [6, 6.07) is 5.37. The van der Waals surface area contributed by atoms with Crippen molar-refractivity contribution in [2.45, 2.75) is 6.42 Å². The van der Waals surface area contributed by atoms with E-state index in [9.17, 15) is 4.79 Å². The van der Waals surface area contributed by atoms with Crippen LogP contribution in [0.15, 0.2) is 53.9 Å². The molecule has 0 radical (unpaired) electrons. The van der Waals surface area contributed by atoms with Crippen molar-refractivity contribution < 1.29 is 9.53 Å². The number of rotatable bonds is 5. The number of carbonyl (C=O) groups excluding carboxylic acids is 1. The Morgan fingerprint density at radius 1 is 1.33 bits per heavy atom. The van der Waals surface area contributed by atoms with E-state index in [2.05, 4.69) is 15.3 Å². The van der Waals surface area contributed by atoms with Crippen LogP contribution in [0.4, 0.5) is 0 Å². The highest BCUT2D eigenvalue weighted by Crippen LogP contribution is 2.10. The number of pyridine rings is 1. The van der Waals surface area contributed by atoms with Crippen LogP contribution < -0.4 is 0 Å². The van der Waals surface area contributed by atoms with Gasteiger partial charge in [-0.2, -0.15) is 11.3 Å². The molecule has 0 fully saturated rings. The molecule has 0 unspecified atom stereocenters. The lowest BCUT2D eigenvalue weighted by atomic mass is 10.2. The summed E-state index contributed by atoms with van der Waals surface area (Å²) in [5, 5.41) is 4.06. The highest BCUT2D eigenvalue weighted by Gasteiger charge is 2.09. The third-order valence-corrected chi connectivity index (χ3v) is 3.69. The first-order chi connectivity index (χ1) is 10.3. The molecular weight excluding hydrogens is 286 g/mol. The normalized spacial score (nSPS) is 10.5. The maximum Gasteiger partial charge on any atom is 0.338 e. The Bertz CT molecular complexity index is 708. The second-order valence-corrected chi connectivity index (χ2v) is 5.17. The van der Waals surface area contributed by atoms with Crippen molar-refractivity contribution in [3.05, 3.63) is 65.0 Å². The first-order valence-corrected chi connectivity index (χ1v) is 7.40. The number of carbonyl (C=O) groups is 1. The number of esters is 1. The monoisotopic (exact) mass is 299 g/mol. The van der Waals surface area contributed by atoms with E-state index >= 15 is 0 Å². The third kappa shape index (κ3) is 3.35. The van der Waals surface area contributed by atoms with Crippen molar-refractivity contribution in [1.82, 2.24) is 14.5 Å². The smallest absolute Gasteiger partial charge is 0.338 e. The molecule has 0 saturated carbocycles. The molecule has 3 heterocycles. The number of thiophene rings is 1. The summed E-state index contributed by atoms with van der Waals surface area (Å²) in [6.07, 6.45) is 7.38. The van der Waals surface area contributed by atoms with Crippen LogP contribution in [0, 0.1) is 0 Å². The number of hydrogen-bond donors (Lipinski definition) is 0. The molecule has 6 heteroatoms. The van der Waals surface area contributed by atoms with E-state index in [1.807, 2.05) is 11.4 Å². The quantitative estimate of drug-likeness (QED) is 0.680. The van der Waals surface area contributed by atoms with Crippen molar-refractivity contribution in [1.29, 1.82) is 0 Å². The molecule has 106 valence electrons. The van der Waals surface area contributed by atoms with Crippen molar-refractivity contribution in [2.24, 2.45) is 0 Å². The lowest BCUT2D eigenvalue weighted by Gasteiger charge is -2.06. The molecule has 0 spiro atoms. The van der Waals surface area contributed by atoms with Crippen LogP contribution in [0.25, 0.3) is 5.82 Å². The van der Waals surface area contributed by atoms with Gasteiger partial charge in [0.2, 0.25) is 0 Å². The molecule has 21 heavy (non-hydrogen) atoms. The maximum atomic E-state index is 12.0. The standard InChI is InChI=1S/C15H13N3O2S/c19-15(20-7-2-12-3-8-21-10-12)13-1-4-17-14(9-13)18-6-5-16-11-18/h1,3-6,8-11H,2,7H2. The molecule has 0 aliphatic heterocycles. The average Bonchev–Trinajstić information content (AvgIpc) is 3.21. The molecule has 0 aliphatic rings. The molecule has 0 bridgehead atoms. The molecule has 0 aliphatic carbocycles. The second kappa shape index (κ2) is 6.32. The summed E-state index contributed by atoms with van der Waals surface area (Å²) in [4.78, 5) is 20.2. The van der Waals surface area contributed by atoms with Crippen LogP contribution in [0.3, 0.4) is 0 Å². The van der Waals surface area contributed by atoms with Gasteiger partial charge in [0.25, 0.3) is 0 Å². The van der Waals surface area contributed by atoms with E-state index in [0.717, 1.165) is 6.42 Å². The maximum absolute atomic E-state index is 12.0. The predicted octanol–water partition coefficient (Wildman–Crippen LogP) is 2.73. The van der Waals surface area contributed by atoms with Gasteiger partial charge in [-0.15, -0.1) is 0 Å². The summed E-state index contributed by atoms with van der Waals surface area (Å²) in [5.41, 5.74) is 1.67. The number of aromatic nitrogens is 3. The summed E-state index contributed by atoms with van der Waals surface area (Å²) in [7, 11) is 0. The first-order valence-electron chi connectivity index (χ1n) is 6.45. The number of nitrogens with zero attached hydrogens (tertiary/aromatic N) is 3. The second-order valence-electron chi connectivity index (χ2n) is 4.39. The Kier molecular flexibility index (Phi) is 4.07. The minimum Gasteiger partial charge on any atom is -0.462 e. The van der Waals surface area contributed by atoms with Gasteiger partial charge in [-0.1, -0.05) is 0 Å². The van der Waals surface area contributed by atoms with Crippen LogP contribution in [0.2, 0.25) is 0 Å². The van der Waals surface area contributed by atoms with E-state index < -0.39 is 0 Å². The van der Waals surface area contributed by atoms with Crippen molar-refractivity contribution >= 4 is 17.3 Å². The Morgan fingerprint density at radius 3 is 3.05 bits per heavy atom. The van der Waals surface area contributed by atoms with E-state index in [-0.39, 0.29) is 5.97 Å². The SMILES string of the molecule is O=C(OCCc1ccsc1)c1ccnc(-n2ccnc2)c1. The van der Waals surface area contributed by atoms with Crippen LogP contribution in [-0.2, 0) is 11.2 Å². The summed E-state index contributed by atoms with van der Waals surface area (Å²) < 4.78 is 7.03. The van der Waals surface area contributed by atoms with Gasteiger partial charge in [-0.25, -0.2) is 14.8 Å². The molecule has 0 aromatic carbocycles. The third-order valence-electron chi connectivity index (χ3n) is 2.95. The van der Waals surface area contributed by atoms with Crippen molar-refractivity contribution in [3.8, 4) is 5.82 Å². The molecule has 3 aromatic rings. The van der Waals surface area contributed by atoms with E-state index in [1.165, 1.54) is 5.56 Å². The van der Waals surface area contributed by atoms with Gasteiger partial charge in [-0.3, -0.25) is 4.57 Å². The van der Waals surface area contributed by atoms with E-state index in [1.54, 1.807) is 53.0 Å². The largest absolute Gasteiger partial charge is 0.462 e. The molecule has 0 N–H and O–H groups in total. The topological polar surface area (TPSA) is 57.0 Å². The zero-order valence-corrected chi connectivity index (χ0v) is 12.0. The fourth-order valence-corrected chi connectivity index (χ4v) is 2.56. The lowest BCUT2D eigenvalue weighted by molar-refractivity contribution is 0.0509. The van der Waals surface area contributed by atoms with Gasteiger partial charge < -0.3 is 4.74 Å². The van der Waals surface area contributed by atoms with Gasteiger partial charge in [0.05, 0.1) is 12.2 Å². The van der Waals surface area contributed by atoms with Crippen LogP contribution in [-0.4, -0.2) is 27.1 Å². The van der Waals surface area contributed by atoms with Crippen LogP contribution in [0.1, 0.15) is 15.9 Å². The highest BCUT2D eigenvalue weighted by molar-refractivity contribution is 7.07. The molecule has 3 aromatic heterocycles. The van der Waals surface area contributed by atoms with Gasteiger partial charge >= 0.3 is 5.97 Å². The van der Waals surface area contributed by atoms with Gasteiger partial charge in [-0.05, 0) is 34.5 Å². The number of imidazole rings is 1. The highest BCUT2D eigenvalue weighted by atomic mass is 32.1. The van der Waals surface area contributed by atoms with Crippen LogP contribution in [0.5, 0.6) is 0 Å². The van der Waals surface area contributed by atoms with Crippen LogP contribution >= 0.6 is 11.3 Å². The molecule has 3 rings (SSSR count). The first kappa shape index (κ1) is 13.5. The zero-order valence-electron chi connectivity index (χ0n) is 11.2. The zero-order chi connectivity index (χ0) is 14.5. The Hall–Kier alpha value is -2.47. The van der Waals surface area contributed by atoms with Gasteiger partial charge in [0.1, 0.15) is 12.1 Å². The fourth-order valence-electron chi connectivity index (χ4n) is 1.86. The molecule has 0 atom stereocenters.